The Bertz CT molecular complexity index is 2230. The average molecular weight is 946 g/mol. The summed E-state index contributed by atoms with van der Waals surface area (Å²) in [6, 6.07) is 19.3. The Morgan fingerprint density at radius 2 is 0.862 bits per heavy atom. The molecule has 0 radical (unpaired) electrons. The maximum Gasteiger partial charge on any atom is 0.258 e. The number of halogens is 8. The van der Waals surface area contributed by atoms with Gasteiger partial charge in [0.2, 0.25) is 0 Å². The molecule has 4 aliphatic heterocycles. The molecule has 0 spiro atoms. The summed E-state index contributed by atoms with van der Waals surface area (Å²) in [7, 11) is 0. The molecule has 0 unspecified atom stereocenters. The van der Waals surface area contributed by atoms with Gasteiger partial charge in [-0.05, 0) is 49.7 Å². The fraction of sp³-hybridized carbons (Fsp3) is 0.381. The number of hydrogen-bond donors (Lipinski definition) is 2. The van der Waals surface area contributed by atoms with Crippen molar-refractivity contribution in [1.29, 1.82) is 0 Å². The molecule has 6 atom stereocenters. The predicted molar refractivity (Wildman–Crippen MR) is 226 cm³/mol. The second-order valence-electron chi connectivity index (χ2n) is 15.4. The molecular formula is C42H34Cl8N2O6. The summed E-state index contributed by atoms with van der Waals surface area (Å²) >= 11 is 51.4. The lowest BCUT2D eigenvalue weighted by Gasteiger charge is -2.49. The number of benzene rings is 4. The maximum absolute atomic E-state index is 13.5. The Morgan fingerprint density at radius 3 is 1.22 bits per heavy atom. The summed E-state index contributed by atoms with van der Waals surface area (Å²) < 4.78 is 12.4. The van der Waals surface area contributed by atoms with E-state index in [9.17, 15) is 19.8 Å². The molecule has 16 heteroatoms. The normalized spacial score (nSPS) is 30.7. The summed E-state index contributed by atoms with van der Waals surface area (Å²) in [5.74, 6) is -0.834. The number of carbonyl (C=O) groups excluding carboxylic acids is 2. The number of hydrogen-bond acceptors (Lipinski definition) is 6. The van der Waals surface area contributed by atoms with E-state index in [-0.39, 0.29) is 87.7 Å². The lowest BCUT2D eigenvalue weighted by atomic mass is 9.66. The Morgan fingerprint density at radius 1 is 0.517 bits per heavy atom. The second-order valence-corrected chi connectivity index (χ2v) is 18.5. The molecule has 2 aliphatic carbocycles. The van der Waals surface area contributed by atoms with Crippen LogP contribution in [0.25, 0.3) is 0 Å². The summed E-state index contributed by atoms with van der Waals surface area (Å²) in [5.41, 5.74) is -2.86. The SMILES string of the molecule is O=C1c2c(Cl)c(Cl)c(Cl)c(Cl)c2[C@@]2(O)N1CCO[C@@H]1CCC[C@@]12c1ccccc1.O=C1c2c(Cl)c(Cl)c(Cl)c(Cl)c2[C@@]2(O)N1CCO[C@@H]1CCC[C@@]12c1ccccc1. The summed E-state index contributed by atoms with van der Waals surface area (Å²) in [6.07, 6.45) is 3.87. The maximum atomic E-state index is 13.5. The van der Waals surface area contributed by atoms with Crippen LogP contribution in [0.1, 0.15) is 81.5 Å². The number of nitrogens with zero attached hydrogens (tertiary/aromatic N) is 2. The van der Waals surface area contributed by atoms with E-state index in [2.05, 4.69) is 0 Å². The molecule has 4 fully saturated rings. The van der Waals surface area contributed by atoms with Crippen LogP contribution in [-0.4, -0.2) is 70.3 Å². The van der Waals surface area contributed by atoms with Crippen LogP contribution in [0, 0.1) is 0 Å². The quantitative estimate of drug-likeness (QED) is 0.153. The summed E-state index contributed by atoms with van der Waals surface area (Å²) in [4.78, 5) is 29.8. The number of fused-ring (bicyclic) bond motifs is 10. The first-order chi connectivity index (χ1) is 27.7. The second kappa shape index (κ2) is 14.8. The van der Waals surface area contributed by atoms with E-state index in [1.165, 1.54) is 9.80 Å². The molecular weight excluding hydrogens is 912 g/mol. The van der Waals surface area contributed by atoms with Gasteiger partial charge >= 0.3 is 0 Å². The van der Waals surface area contributed by atoms with Crippen LogP contribution in [0.3, 0.4) is 0 Å². The van der Waals surface area contributed by atoms with E-state index in [0.717, 1.165) is 36.8 Å². The van der Waals surface area contributed by atoms with E-state index >= 15 is 0 Å². The summed E-state index contributed by atoms with van der Waals surface area (Å²) in [6.45, 7) is 1.02. The van der Waals surface area contributed by atoms with Crippen LogP contribution < -0.4 is 0 Å². The van der Waals surface area contributed by atoms with Gasteiger partial charge in [-0.3, -0.25) is 9.59 Å². The van der Waals surface area contributed by atoms with Crippen molar-refractivity contribution in [2.75, 3.05) is 26.3 Å². The standard InChI is InChI=1S/2C21H17Cl4NO3/c2*22-15-13-14(16(23)18(25)17(15)24)21(28)20(11-5-2-1-3-6-11)8-4-7-12(20)29-10-9-26(21)19(13)27/h2*1-3,5-6,12,28H,4,7-10H2/t2*12-,20-,21+/m11/s1. The van der Waals surface area contributed by atoms with Crippen LogP contribution >= 0.6 is 92.8 Å². The van der Waals surface area contributed by atoms with E-state index < -0.39 is 34.1 Å². The topological polar surface area (TPSA) is 99.5 Å². The lowest BCUT2D eigenvalue weighted by Crippen LogP contribution is -2.60. The van der Waals surface area contributed by atoms with Crippen molar-refractivity contribution < 1.29 is 29.3 Å². The number of aliphatic hydroxyl groups is 2. The van der Waals surface area contributed by atoms with Crippen molar-refractivity contribution in [2.45, 2.75) is 73.0 Å². The monoisotopic (exact) mass is 942 g/mol. The van der Waals surface area contributed by atoms with Gasteiger partial charge in [0, 0.05) is 24.2 Å². The third kappa shape index (κ3) is 5.24. The van der Waals surface area contributed by atoms with Gasteiger partial charge in [-0.15, -0.1) is 0 Å². The largest absolute Gasteiger partial charge is 0.375 e. The highest BCUT2D eigenvalue weighted by Crippen LogP contribution is 2.64. The zero-order valence-corrected chi connectivity index (χ0v) is 36.5. The molecule has 4 aromatic carbocycles. The van der Waals surface area contributed by atoms with Crippen molar-refractivity contribution in [2.24, 2.45) is 0 Å². The van der Waals surface area contributed by atoms with Crippen molar-refractivity contribution >= 4 is 105 Å². The Balaban J connectivity index is 0.000000150. The molecule has 6 aliphatic rings. The van der Waals surface area contributed by atoms with Crippen molar-refractivity contribution in [3.63, 3.8) is 0 Å². The Hall–Kier alpha value is -2.02. The van der Waals surface area contributed by atoms with E-state index in [1.807, 2.05) is 60.7 Å². The highest BCUT2D eigenvalue weighted by Gasteiger charge is 2.70. The molecule has 0 bridgehead atoms. The molecule has 2 saturated heterocycles. The highest BCUT2D eigenvalue weighted by molar-refractivity contribution is 6.54. The third-order valence-corrected chi connectivity index (χ3v) is 16.8. The number of carbonyl (C=O) groups is 2. The van der Waals surface area contributed by atoms with Gasteiger partial charge in [-0.25, -0.2) is 0 Å². The number of rotatable bonds is 2. The predicted octanol–water partition coefficient (Wildman–Crippen LogP) is 10.8. The van der Waals surface area contributed by atoms with Crippen LogP contribution in [0.2, 0.25) is 40.2 Å². The van der Waals surface area contributed by atoms with Crippen molar-refractivity contribution in [3.05, 3.63) is 134 Å². The van der Waals surface area contributed by atoms with Gasteiger partial charge in [0.15, 0.2) is 11.4 Å². The average Bonchev–Trinajstić information content (AvgIpc) is 3.94. The van der Waals surface area contributed by atoms with Crippen molar-refractivity contribution in [3.8, 4) is 0 Å². The highest BCUT2D eigenvalue weighted by atomic mass is 35.5. The first-order valence-corrected chi connectivity index (χ1v) is 21.9. The van der Waals surface area contributed by atoms with E-state index in [4.69, 9.17) is 102 Å². The molecule has 10 rings (SSSR count). The zero-order chi connectivity index (χ0) is 41.1. The van der Waals surface area contributed by atoms with Crippen LogP contribution in [0.15, 0.2) is 60.7 Å². The van der Waals surface area contributed by atoms with Gasteiger partial charge in [0.25, 0.3) is 11.8 Å². The molecule has 2 saturated carbocycles. The fourth-order valence-corrected chi connectivity index (χ4v) is 13.0. The van der Waals surface area contributed by atoms with Crippen LogP contribution in [0.5, 0.6) is 0 Å². The zero-order valence-electron chi connectivity index (χ0n) is 30.4. The van der Waals surface area contributed by atoms with Gasteiger partial charge in [0.1, 0.15) is 0 Å². The molecule has 8 nitrogen and oxygen atoms in total. The molecule has 304 valence electrons. The molecule has 2 amide bonds. The lowest BCUT2D eigenvalue weighted by molar-refractivity contribution is -0.153. The number of amides is 2. The molecule has 4 aromatic rings. The minimum absolute atomic E-state index is 0.0136. The third-order valence-electron chi connectivity index (χ3n) is 13.2. The summed E-state index contributed by atoms with van der Waals surface area (Å²) in [5, 5.41) is 25.2. The minimum Gasteiger partial charge on any atom is -0.375 e. The minimum atomic E-state index is -1.76. The van der Waals surface area contributed by atoms with Gasteiger partial charge in [-0.2, -0.15) is 0 Å². The molecule has 2 N–H and O–H groups in total. The van der Waals surface area contributed by atoms with Gasteiger partial charge < -0.3 is 29.5 Å². The first kappa shape index (κ1) is 41.3. The molecule has 0 aromatic heterocycles. The van der Waals surface area contributed by atoms with Crippen molar-refractivity contribution in [1.82, 2.24) is 9.80 Å². The first-order valence-electron chi connectivity index (χ1n) is 18.9. The molecule has 4 heterocycles. The Labute approximate surface area is 374 Å². The Kier molecular flexibility index (Phi) is 10.6. The smallest absolute Gasteiger partial charge is 0.258 e. The van der Waals surface area contributed by atoms with Crippen LogP contribution in [-0.2, 0) is 31.8 Å². The molecule has 58 heavy (non-hydrogen) atoms. The van der Waals surface area contributed by atoms with E-state index in [0.29, 0.717) is 26.1 Å². The number of ether oxygens (including phenoxy) is 2. The van der Waals surface area contributed by atoms with Gasteiger partial charge in [0.05, 0.1) is 87.6 Å². The van der Waals surface area contributed by atoms with Gasteiger partial charge in [-0.1, -0.05) is 153 Å². The fourth-order valence-electron chi connectivity index (χ4n) is 10.9. The van der Waals surface area contributed by atoms with E-state index in [1.54, 1.807) is 0 Å². The van der Waals surface area contributed by atoms with Crippen LogP contribution in [0.4, 0.5) is 0 Å².